The molecule has 33 heavy (non-hydrogen) atoms. The van der Waals surface area contributed by atoms with Crippen molar-refractivity contribution in [3.8, 4) is 11.1 Å². The standard InChI is InChI=1S/C26H24N2O5/c29-24(30)14-23(25(31)27-15-17-8-2-1-3-9-17)28-26(32)33-16-22-20-12-6-4-10-18(20)19-11-5-7-13-21(19)22/h1-13,22-23H,14-16H2,(H,27,31)(H,28,32)(H,29,30). The molecule has 0 spiro atoms. The summed E-state index contributed by atoms with van der Waals surface area (Å²) in [6.45, 7) is 0.299. The van der Waals surface area contributed by atoms with Crippen molar-refractivity contribution in [2.24, 2.45) is 0 Å². The van der Waals surface area contributed by atoms with Crippen molar-refractivity contribution >= 4 is 18.0 Å². The number of benzene rings is 3. The Labute approximate surface area is 191 Å². The number of carboxylic acid groups (broad SMARTS) is 1. The van der Waals surface area contributed by atoms with Crippen LogP contribution in [0.5, 0.6) is 0 Å². The maximum Gasteiger partial charge on any atom is 0.407 e. The van der Waals surface area contributed by atoms with Crippen LogP contribution < -0.4 is 10.6 Å². The lowest BCUT2D eigenvalue weighted by atomic mass is 9.98. The molecule has 7 nitrogen and oxygen atoms in total. The quantitative estimate of drug-likeness (QED) is 0.492. The fourth-order valence-electron chi connectivity index (χ4n) is 4.07. The summed E-state index contributed by atoms with van der Waals surface area (Å²) in [6.07, 6.45) is -1.39. The lowest BCUT2D eigenvalue weighted by Gasteiger charge is -2.18. The molecule has 2 amide bonds. The van der Waals surface area contributed by atoms with E-state index in [-0.39, 0.29) is 19.1 Å². The molecule has 0 saturated heterocycles. The van der Waals surface area contributed by atoms with E-state index in [4.69, 9.17) is 4.74 Å². The summed E-state index contributed by atoms with van der Waals surface area (Å²) in [5.41, 5.74) is 5.20. The highest BCUT2D eigenvalue weighted by molar-refractivity contribution is 5.89. The van der Waals surface area contributed by atoms with Gasteiger partial charge in [-0.15, -0.1) is 0 Å². The van der Waals surface area contributed by atoms with Gasteiger partial charge in [0, 0.05) is 12.5 Å². The highest BCUT2D eigenvalue weighted by Crippen LogP contribution is 2.44. The van der Waals surface area contributed by atoms with Crippen molar-refractivity contribution in [1.29, 1.82) is 0 Å². The summed E-state index contributed by atoms with van der Waals surface area (Å²) < 4.78 is 5.44. The molecule has 0 fully saturated rings. The number of rotatable bonds is 8. The van der Waals surface area contributed by atoms with Crippen LogP contribution in [0.3, 0.4) is 0 Å². The molecule has 1 aliphatic rings. The second-order valence-electron chi connectivity index (χ2n) is 7.82. The van der Waals surface area contributed by atoms with E-state index in [2.05, 4.69) is 10.6 Å². The van der Waals surface area contributed by atoms with Crippen LogP contribution in [0.25, 0.3) is 11.1 Å². The first-order chi connectivity index (χ1) is 16.0. The number of carbonyl (C=O) groups is 3. The van der Waals surface area contributed by atoms with Gasteiger partial charge in [0.15, 0.2) is 0 Å². The van der Waals surface area contributed by atoms with Crippen LogP contribution in [0.15, 0.2) is 78.9 Å². The number of carboxylic acids is 1. The first kappa shape index (κ1) is 22.1. The number of ether oxygens (including phenoxy) is 1. The Morgan fingerprint density at radius 1 is 0.848 bits per heavy atom. The van der Waals surface area contributed by atoms with Crippen molar-refractivity contribution < 1.29 is 24.2 Å². The molecule has 1 atom stereocenters. The molecule has 0 radical (unpaired) electrons. The average Bonchev–Trinajstić information content (AvgIpc) is 3.15. The maximum absolute atomic E-state index is 12.5. The van der Waals surface area contributed by atoms with E-state index in [1.54, 1.807) is 0 Å². The Kier molecular flexibility index (Phi) is 6.69. The van der Waals surface area contributed by atoms with Gasteiger partial charge in [0.1, 0.15) is 12.6 Å². The van der Waals surface area contributed by atoms with Crippen molar-refractivity contribution in [1.82, 2.24) is 10.6 Å². The van der Waals surface area contributed by atoms with E-state index in [9.17, 15) is 19.5 Å². The van der Waals surface area contributed by atoms with Gasteiger partial charge in [-0.1, -0.05) is 78.9 Å². The largest absolute Gasteiger partial charge is 0.481 e. The predicted molar refractivity (Wildman–Crippen MR) is 123 cm³/mol. The van der Waals surface area contributed by atoms with Crippen LogP contribution in [-0.2, 0) is 20.9 Å². The fourth-order valence-corrected chi connectivity index (χ4v) is 4.07. The Balaban J connectivity index is 1.39. The third kappa shape index (κ3) is 5.20. The van der Waals surface area contributed by atoms with Crippen molar-refractivity contribution in [3.63, 3.8) is 0 Å². The molecule has 0 aromatic heterocycles. The van der Waals surface area contributed by atoms with Crippen molar-refractivity contribution in [2.45, 2.75) is 24.9 Å². The van der Waals surface area contributed by atoms with E-state index in [0.29, 0.717) is 0 Å². The molecule has 1 aliphatic carbocycles. The number of carbonyl (C=O) groups excluding carboxylic acids is 2. The van der Waals surface area contributed by atoms with Gasteiger partial charge in [0.25, 0.3) is 0 Å². The Morgan fingerprint density at radius 3 is 2.03 bits per heavy atom. The molecule has 0 aliphatic heterocycles. The maximum atomic E-state index is 12.5. The van der Waals surface area contributed by atoms with Gasteiger partial charge in [-0.25, -0.2) is 4.79 Å². The zero-order valence-corrected chi connectivity index (χ0v) is 17.9. The summed E-state index contributed by atoms with van der Waals surface area (Å²) >= 11 is 0. The summed E-state index contributed by atoms with van der Waals surface area (Å²) in [6, 6.07) is 23.9. The number of nitrogens with one attached hydrogen (secondary N) is 2. The van der Waals surface area contributed by atoms with E-state index >= 15 is 0 Å². The average molecular weight is 444 g/mol. The Morgan fingerprint density at radius 2 is 1.42 bits per heavy atom. The molecule has 3 N–H and O–H groups in total. The minimum Gasteiger partial charge on any atom is -0.481 e. The molecular weight excluding hydrogens is 420 g/mol. The smallest absolute Gasteiger partial charge is 0.407 e. The number of alkyl carbamates (subject to hydrolysis) is 1. The zero-order valence-electron chi connectivity index (χ0n) is 17.9. The van der Waals surface area contributed by atoms with Gasteiger partial charge in [0.05, 0.1) is 6.42 Å². The van der Waals surface area contributed by atoms with Gasteiger partial charge < -0.3 is 20.5 Å². The minimum atomic E-state index is -1.25. The highest BCUT2D eigenvalue weighted by Gasteiger charge is 2.30. The molecule has 0 heterocycles. The number of hydrogen-bond donors (Lipinski definition) is 3. The fraction of sp³-hybridized carbons (Fsp3) is 0.192. The molecular formula is C26H24N2O5. The van der Waals surface area contributed by atoms with E-state index in [0.717, 1.165) is 27.8 Å². The van der Waals surface area contributed by atoms with Gasteiger partial charge in [0.2, 0.25) is 5.91 Å². The van der Waals surface area contributed by atoms with Gasteiger partial charge in [-0.05, 0) is 27.8 Å². The summed E-state index contributed by atoms with van der Waals surface area (Å²) in [4.78, 5) is 36.3. The minimum absolute atomic E-state index is 0.0747. The molecule has 7 heteroatoms. The third-order valence-electron chi connectivity index (χ3n) is 5.64. The summed E-state index contributed by atoms with van der Waals surface area (Å²) in [5.74, 6) is -1.92. The topological polar surface area (TPSA) is 105 Å². The summed E-state index contributed by atoms with van der Waals surface area (Å²) in [7, 11) is 0. The second-order valence-corrected chi connectivity index (χ2v) is 7.82. The van der Waals surface area contributed by atoms with Gasteiger partial charge in [-0.3, -0.25) is 9.59 Å². The number of aliphatic carboxylic acids is 1. The lowest BCUT2D eigenvalue weighted by Crippen LogP contribution is -2.48. The van der Waals surface area contributed by atoms with Crippen LogP contribution in [0.2, 0.25) is 0 Å². The second kappa shape index (κ2) is 9.99. The Hall–Kier alpha value is -4.13. The van der Waals surface area contributed by atoms with E-state index in [1.165, 1.54) is 0 Å². The van der Waals surface area contributed by atoms with E-state index < -0.39 is 30.4 Å². The van der Waals surface area contributed by atoms with Crippen molar-refractivity contribution in [3.05, 3.63) is 95.6 Å². The van der Waals surface area contributed by atoms with Crippen LogP contribution in [0.1, 0.15) is 29.0 Å². The SMILES string of the molecule is O=C(O)CC(NC(=O)OCC1c2ccccc2-c2ccccc21)C(=O)NCc1ccccc1. The van der Waals surface area contributed by atoms with E-state index in [1.807, 2.05) is 78.9 Å². The third-order valence-corrected chi connectivity index (χ3v) is 5.64. The van der Waals surface area contributed by atoms with Gasteiger partial charge >= 0.3 is 12.1 Å². The normalized spacial score (nSPS) is 12.8. The predicted octanol–water partition coefficient (Wildman–Crippen LogP) is 3.68. The van der Waals surface area contributed by atoms with Gasteiger partial charge in [-0.2, -0.15) is 0 Å². The van der Waals surface area contributed by atoms with Crippen LogP contribution >= 0.6 is 0 Å². The monoisotopic (exact) mass is 444 g/mol. The van der Waals surface area contributed by atoms with Crippen LogP contribution in [0, 0.1) is 0 Å². The number of hydrogen-bond acceptors (Lipinski definition) is 4. The molecule has 168 valence electrons. The number of amides is 2. The molecule has 0 bridgehead atoms. The Bertz CT molecular complexity index is 1120. The molecule has 3 aromatic carbocycles. The van der Waals surface area contributed by atoms with Crippen molar-refractivity contribution in [2.75, 3.05) is 6.61 Å². The van der Waals surface area contributed by atoms with Crippen LogP contribution in [-0.4, -0.2) is 35.7 Å². The first-order valence-corrected chi connectivity index (χ1v) is 10.7. The van der Waals surface area contributed by atoms with Crippen LogP contribution in [0.4, 0.5) is 4.79 Å². The molecule has 3 aromatic rings. The molecule has 4 rings (SSSR count). The number of fused-ring (bicyclic) bond motifs is 3. The highest BCUT2D eigenvalue weighted by atomic mass is 16.5. The zero-order chi connectivity index (χ0) is 23.2. The summed E-state index contributed by atoms with van der Waals surface area (Å²) in [5, 5.41) is 14.2. The molecule has 0 saturated carbocycles. The molecule has 1 unspecified atom stereocenters. The first-order valence-electron chi connectivity index (χ1n) is 10.7. The lowest BCUT2D eigenvalue weighted by molar-refractivity contribution is -0.139.